The number of halogens is 1. The van der Waals surface area contributed by atoms with Crippen LogP contribution in [0.1, 0.15) is 23.1 Å². The molecular formula is C19H25IN4O. The van der Waals surface area contributed by atoms with E-state index in [9.17, 15) is 4.79 Å². The number of hydrogen-bond acceptors (Lipinski definition) is 2. The van der Waals surface area contributed by atoms with Crippen LogP contribution in [0, 0.1) is 13.8 Å². The molecule has 5 nitrogen and oxygen atoms in total. The minimum Gasteiger partial charge on any atom is -0.370 e. The molecule has 0 aliphatic carbocycles. The fourth-order valence-electron chi connectivity index (χ4n) is 2.40. The van der Waals surface area contributed by atoms with E-state index in [1.807, 2.05) is 56.3 Å². The Labute approximate surface area is 166 Å². The Morgan fingerprint density at radius 3 is 2.36 bits per heavy atom. The van der Waals surface area contributed by atoms with E-state index >= 15 is 0 Å². The molecule has 1 amide bonds. The summed E-state index contributed by atoms with van der Waals surface area (Å²) in [6.45, 7) is 4.94. The van der Waals surface area contributed by atoms with Crippen LogP contribution in [0.2, 0.25) is 0 Å². The molecule has 2 aromatic rings. The van der Waals surface area contributed by atoms with Crippen LogP contribution < -0.4 is 16.4 Å². The summed E-state index contributed by atoms with van der Waals surface area (Å²) in [4.78, 5) is 16.0. The molecule has 0 heterocycles. The van der Waals surface area contributed by atoms with Crippen LogP contribution in [0.15, 0.2) is 53.5 Å². The van der Waals surface area contributed by atoms with Crippen LogP contribution in [0.5, 0.6) is 0 Å². The van der Waals surface area contributed by atoms with E-state index in [2.05, 4.69) is 21.7 Å². The zero-order valence-electron chi connectivity index (χ0n) is 14.6. The predicted molar refractivity (Wildman–Crippen MR) is 114 cm³/mol. The number of rotatable bonds is 6. The molecule has 2 rings (SSSR count). The SMILES string of the molecule is Cc1cc(C)cc(NC(N)=NCCC(=O)NCc2ccccc2)c1.I. The Balaban J connectivity index is 0.00000312. The number of benzene rings is 2. The van der Waals surface area contributed by atoms with Gasteiger partial charge in [-0.15, -0.1) is 24.0 Å². The molecule has 134 valence electrons. The number of aliphatic imine (C=N–C) groups is 1. The molecule has 0 saturated heterocycles. The molecule has 0 aliphatic rings. The van der Waals surface area contributed by atoms with Crippen molar-refractivity contribution in [2.24, 2.45) is 10.7 Å². The van der Waals surface area contributed by atoms with Gasteiger partial charge in [-0.3, -0.25) is 9.79 Å². The molecule has 0 fully saturated rings. The van der Waals surface area contributed by atoms with Gasteiger partial charge in [0.2, 0.25) is 5.91 Å². The van der Waals surface area contributed by atoms with E-state index in [0.717, 1.165) is 22.4 Å². The van der Waals surface area contributed by atoms with Crippen molar-refractivity contribution in [3.05, 3.63) is 65.2 Å². The topological polar surface area (TPSA) is 79.5 Å². The highest BCUT2D eigenvalue weighted by Crippen LogP contribution is 2.13. The summed E-state index contributed by atoms with van der Waals surface area (Å²) in [5.41, 5.74) is 10.2. The molecule has 0 atom stereocenters. The van der Waals surface area contributed by atoms with Gasteiger partial charge in [0.1, 0.15) is 0 Å². The Morgan fingerprint density at radius 1 is 1.08 bits per heavy atom. The molecule has 0 bridgehead atoms. The summed E-state index contributed by atoms with van der Waals surface area (Å²) in [6, 6.07) is 15.9. The molecule has 6 heteroatoms. The molecule has 0 unspecified atom stereocenters. The maximum absolute atomic E-state index is 11.8. The fourth-order valence-corrected chi connectivity index (χ4v) is 2.40. The monoisotopic (exact) mass is 452 g/mol. The van der Waals surface area contributed by atoms with E-state index in [1.54, 1.807) is 0 Å². The number of carbonyl (C=O) groups excluding carboxylic acids is 1. The van der Waals surface area contributed by atoms with Crippen molar-refractivity contribution >= 4 is 41.5 Å². The number of aryl methyl sites for hydroxylation is 2. The average molecular weight is 452 g/mol. The summed E-state index contributed by atoms with van der Waals surface area (Å²) in [5, 5.41) is 5.92. The molecule has 0 radical (unpaired) electrons. The zero-order valence-corrected chi connectivity index (χ0v) is 16.9. The quantitative estimate of drug-likeness (QED) is 0.357. The van der Waals surface area contributed by atoms with Crippen molar-refractivity contribution in [3.8, 4) is 0 Å². The van der Waals surface area contributed by atoms with Gasteiger partial charge in [0.25, 0.3) is 0 Å². The van der Waals surface area contributed by atoms with Crippen LogP contribution in [-0.2, 0) is 11.3 Å². The third-order valence-electron chi connectivity index (χ3n) is 3.45. The highest BCUT2D eigenvalue weighted by Gasteiger charge is 2.02. The Bertz CT molecular complexity index is 696. The number of guanidine groups is 1. The lowest BCUT2D eigenvalue weighted by molar-refractivity contribution is -0.121. The fraction of sp³-hybridized carbons (Fsp3) is 0.263. The molecule has 0 saturated carbocycles. The standard InChI is InChI=1S/C19H24N4O.HI/c1-14-10-15(2)12-17(11-14)23-19(20)21-9-8-18(24)22-13-16-6-4-3-5-7-16;/h3-7,10-12H,8-9,13H2,1-2H3,(H,22,24)(H3,20,21,23);1H. The highest BCUT2D eigenvalue weighted by molar-refractivity contribution is 14.0. The summed E-state index contributed by atoms with van der Waals surface area (Å²) in [6.07, 6.45) is 0.308. The van der Waals surface area contributed by atoms with Crippen molar-refractivity contribution in [2.75, 3.05) is 11.9 Å². The number of nitrogens with two attached hydrogens (primary N) is 1. The van der Waals surface area contributed by atoms with Gasteiger partial charge in [0, 0.05) is 18.7 Å². The van der Waals surface area contributed by atoms with Crippen LogP contribution in [0.3, 0.4) is 0 Å². The van der Waals surface area contributed by atoms with Crippen LogP contribution in [-0.4, -0.2) is 18.4 Å². The lowest BCUT2D eigenvalue weighted by Crippen LogP contribution is -2.25. The van der Waals surface area contributed by atoms with Gasteiger partial charge in [-0.05, 0) is 42.7 Å². The summed E-state index contributed by atoms with van der Waals surface area (Å²) in [5.74, 6) is 0.276. The van der Waals surface area contributed by atoms with E-state index in [-0.39, 0.29) is 29.9 Å². The minimum atomic E-state index is -0.0400. The number of carbonyl (C=O) groups is 1. The molecule has 0 aliphatic heterocycles. The number of amides is 1. The number of hydrogen-bond donors (Lipinski definition) is 3. The lowest BCUT2D eigenvalue weighted by Gasteiger charge is -2.08. The normalized spacial score (nSPS) is 10.7. The molecule has 0 spiro atoms. The first-order valence-electron chi connectivity index (χ1n) is 7.99. The summed E-state index contributed by atoms with van der Waals surface area (Å²) < 4.78 is 0. The zero-order chi connectivity index (χ0) is 17.4. The average Bonchev–Trinajstić information content (AvgIpc) is 2.53. The first-order valence-corrected chi connectivity index (χ1v) is 7.99. The lowest BCUT2D eigenvalue weighted by atomic mass is 10.1. The second-order valence-electron chi connectivity index (χ2n) is 5.78. The van der Waals surface area contributed by atoms with Gasteiger partial charge in [-0.1, -0.05) is 36.4 Å². The Kier molecular flexibility index (Phi) is 8.98. The minimum absolute atomic E-state index is 0. The van der Waals surface area contributed by atoms with Crippen LogP contribution in [0.4, 0.5) is 5.69 Å². The number of nitrogens with one attached hydrogen (secondary N) is 2. The van der Waals surface area contributed by atoms with Crippen molar-refractivity contribution < 1.29 is 4.79 Å². The van der Waals surface area contributed by atoms with Crippen molar-refractivity contribution in [1.29, 1.82) is 0 Å². The smallest absolute Gasteiger partial charge is 0.222 e. The molecule has 25 heavy (non-hydrogen) atoms. The highest BCUT2D eigenvalue weighted by atomic mass is 127. The van der Waals surface area contributed by atoms with Crippen LogP contribution in [0.25, 0.3) is 0 Å². The molecule has 0 aromatic heterocycles. The van der Waals surface area contributed by atoms with Gasteiger partial charge in [0.15, 0.2) is 5.96 Å². The second-order valence-corrected chi connectivity index (χ2v) is 5.78. The third-order valence-corrected chi connectivity index (χ3v) is 3.45. The third kappa shape index (κ3) is 8.02. The van der Waals surface area contributed by atoms with Crippen molar-refractivity contribution in [1.82, 2.24) is 5.32 Å². The summed E-state index contributed by atoms with van der Waals surface area (Å²) >= 11 is 0. The number of anilines is 1. The van der Waals surface area contributed by atoms with Gasteiger partial charge in [0.05, 0.1) is 6.54 Å². The van der Waals surface area contributed by atoms with E-state index < -0.39 is 0 Å². The summed E-state index contributed by atoms with van der Waals surface area (Å²) in [7, 11) is 0. The molecule has 2 aromatic carbocycles. The first-order chi connectivity index (χ1) is 11.5. The Hall–Kier alpha value is -2.09. The maximum Gasteiger partial charge on any atom is 0.222 e. The van der Waals surface area contributed by atoms with Crippen molar-refractivity contribution in [2.45, 2.75) is 26.8 Å². The predicted octanol–water partition coefficient (Wildman–Crippen LogP) is 3.35. The molecule has 4 N–H and O–H groups in total. The van der Waals surface area contributed by atoms with Gasteiger partial charge in [-0.2, -0.15) is 0 Å². The van der Waals surface area contributed by atoms with Gasteiger partial charge >= 0.3 is 0 Å². The van der Waals surface area contributed by atoms with E-state index in [0.29, 0.717) is 25.5 Å². The molecular weight excluding hydrogens is 427 g/mol. The van der Waals surface area contributed by atoms with Gasteiger partial charge in [-0.25, -0.2) is 0 Å². The second kappa shape index (κ2) is 10.7. The number of nitrogens with zero attached hydrogens (tertiary/aromatic N) is 1. The first kappa shape index (κ1) is 21.0. The van der Waals surface area contributed by atoms with Crippen LogP contribution >= 0.6 is 24.0 Å². The van der Waals surface area contributed by atoms with Gasteiger partial charge < -0.3 is 16.4 Å². The Morgan fingerprint density at radius 2 is 1.72 bits per heavy atom. The largest absolute Gasteiger partial charge is 0.370 e. The van der Waals surface area contributed by atoms with E-state index in [1.165, 1.54) is 0 Å². The van der Waals surface area contributed by atoms with Crippen molar-refractivity contribution in [3.63, 3.8) is 0 Å². The maximum atomic E-state index is 11.8. The van der Waals surface area contributed by atoms with E-state index in [4.69, 9.17) is 5.73 Å².